The van der Waals surface area contributed by atoms with Gasteiger partial charge in [0.15, 0.2) is 0 Å². The molecule has 1 nitrogen and oxygen atoms in total. The van der Waals surface area contributed by atoms with Crippen molar-refractivity contribution in [3.05, 3.63) is 23.4 Å². The van der Waals surface area contributed by atoms with Gasteiger partial charge >= 0.3 is 0 Å². The highest BCUT2D eigenvalue weighted by atomic mass is 32.2. The average molecular weight is 207 g/mol. The number of hydrogen-bond acceptors (Lipinski definition) is 2. The Morgan fingerprint density at radius 3 is 2.86 bits per heavy atom. The van der Waals surface area contributed by atoms with Crippen LogP contribution in [0.1, 0.15) is 38.3 Å². The van der Waals surface area contributed by atoms with Crippen LogP contribution in [0.2, 0.25) is 0 Å². The van der Waals surface area contributed by atoms with Gasteiger partial charge in [-0.1, -0.05) is 26.8 Å². The molecule has 0 N–H and O–H groups in total. The van der Waals surface area contributed by atoms with Crippen molar-refractivity contribution in [3.63, 3.8) is 0 Å². The quantitative estimate of drug-likeness (QED) is 0.646. The van der Waals surface area contributed by atoms with Gasteiger partial charge in [-0.15, -0.1) is 11.8 Å². The van der Waals surface area contributed by atoms with Crippen molar-refractivity contribution >= 4 is 11.8 Å². The van der Waals surface area contributed by atoms with Crippen LogP contribution in [0, 0.1) is 0 Å². The Bertz CT molecular complexity index is 339. The summed E-state index contributed by atoms with van der Waals surface area (Å²) in [6.07, 6.45) is 4.54. The lowest BCUT2D eigenvalue weighted by Gasteiger charge is -2.22. The first-order valence-corrected chi connectivity index (χ1v) is 6.18. The van der Waals surface area contributed by atoms with E-state index < -0.39 is 0 Å². The number of rotatable bonds is 0. The van der Waals surface area contributed by atoms with E-state index in [1.807, 2.05) is 18.0 Å². The zero-order chi connectivity index (χ0) is 10.2. The molecule has 0 saturated heterocycles. The Labute approximate surface area is 90.3 Å². The molecule has 2 heteroatoms. The van der Waals surface area contributed by atoms with Gasteiger partial charge < -0.3 is 0 Å². The first-order chi connectivity index (χ1) is 6.57. The number of nitrogens with zero attached hydrogens (tertiary/aromatic N) is 1. The van der Waals surface area contributed by atoms with Crippen molar-refractivity contribution in [1.82, 2.24) is 4.98 Å². The highest BCUT2D eigenvalue weighted by Crippen LogP contribution is 2.31. The van der Waals surface area contributed by atoms with Crippen LogP contribution < -0.4 is 0 Å². The third-order valence-corrected chi connectivity index (χ3v) is 3.75. The fraction of sp³-hybridized carbons (Fsp3) is 0.583. The van der Waals surface area contributed by atoms with Gasteiger partial charge in [0.2, 0.25) is 0 Å². The molecule has 0 unspecified atom stereocenters. The van der Waals surface area contributed by atoms with Crippen LogP contribution in [-0.2, 0) is 11.8 Å². The second-order valence-corrected chi connectivity index (χ2v) is 5.97. The summed E-state index contributed by atoms with van der Waals surface area (Å²) in [5.74, 6) is 1.23. The molecule has 0 spiro atoms. The third-order valence-electron chi connectivity index (χ3n) is 2.62. The average Bonchev–Trinajstić information content (AvgIpc) is 2.16. The van der Waals surface area contributed by atoms with Gasteiger partial charge in [-0.05, 0) is 35.1 Å². The van der Waals surface area contributed by atoms with Crippen LogP contribution in [0.4, 0.5) is 0 Å². The van der Waals surface area contributed by atoms with Crippen molar-refractivity contribution in [2.45, 2.75) is 44.1 Å². The minimum absolute atomic E-state index is 0.226. The van der Waals surface area contributed by atoms with Crippen LogP contribution in [-0.4, -0.2) is 10.7 Å². The van der Waals surface area contributed by atoms with Crippen LogP contribution in [0.25, 0.3) is 0 Å². The van der Waals surface area contributed by atoms with Gasteiger partial charge in [0.05, 0.1) is 5.03 Å². The van der Waals surface area contributed by atoms with Crippen LogP contribution >= 0.6 is 11.8 Å². The third kappa shape index (κ3) is 1.95. The molecule has 0 atom stereocenters. The molecule has 2 rings (SSSR count). The minimum Gasteiger partial charge on any atom is -0.249 e. The lowest BCUT2D eigenvalue weighted by atomic mass is 9.87. The second-order valence-electron chi connectivity index (χ2n) is 4.89. The van der Waals surface area contributed by atoms with Crippen molar-refractivity contribution < 1.29 is 0 Å². The maximum absolute atomic E-state index is 4.55. The SMILES string of the molecule is CC(C)(C)c1cnc2c(c1)CCCS2. The molecule has 1 aromatic rings. The molecular formula is C12H17NS. The van der Waals surface area contributed by atoms with Gasteiger partial charge in [0.1, 0.15) is 0 Å². The highest BCUT2D eigenvalue weighted by Gasteiger charge is 2.18. The van der Waals surface area contributed by atoms with E-state index in [-0.39, 0.29) is 5.41 Å². The normalized spacial score (nSPS) is 16.5. The molecule has 1 aliphatic rings. The van der Waals surface area contributed by atoms with E-state index in [9.17, 15) is 0 Å². The number of aryl methyl sites for hydroxylation is 1. The Morgan fingerprint density at radius 1 is 1.36 bits per heavy atom. The van der Waals surface area contributed by atoms with Crippen LogP contribution in [0.5, 0.6) is 0 Å². The summed E-state index contributed by atoms with van der Waals surface area (Å²) >= 11 is 1.90. The summed E-state index contributed by atoms with van der Waals surface area (Å²) in [4.78, 5) is 4.55. The molecule has 0 aromatic carbocycles. The van der Waals surface area contributed by atoms with E-state index >= 15 is 0 Å². The summed E-state index contributed by atoms with van der Waals surface area (Å²) < 4.78 is 0. The smallest absolute Gasteiger partial charge is 0.0992 e. The van der Waals surface area contributed by atoms with E-state index in [2.05, 4.69) is 31.8 Å². The van der Waals surface area contributed by atoms with E-state index in [4.69, 9.17) is 0 Å². The summed E-state index contributed by atoms with van der Waals surface area (Å²) in [7, 11) is 0. The summed E-state index contributed by atoms with van der Waals surface area (Å²) in [5.41, 5.74) is 3.04. The van der Waals surface area contributed by atoms with Gasteiger partial charge in [0.25, 0.3) is 0 Å². The summed E-state index contributed by atoms with van der Waals surface area (Å²) in [5, 5.41) is 1.25. The van der Waals surface area contributed by atoms with Crippen LogP contribution in [0.3, 0.4) is 0 Å². The predicted octanol–water partition coefficient (Wildman–Crippen LogP) is 3.42. The number of pyridine rings is 1. The molecular weight excluding hydrogens is 190 g/mol. The number of aromatic nitrogens is 1. The van der Waals surface area contributed by atoms with Gasteiger partial charge in [-0.3, -0.25) is 0 Å². The number of fused-ring (bicyclic) bond motifs is 1. The number of thioether (sulfide) groups is 1. The lowest BCUT2D eigenvalue weighted by Crippen LogP contribution is -2.13. The second kappa shape index (κ2) is 3.58. The Kier molecular flexibility index (Phi) is 2.56. The zero-order valence-corrected chi connectivity index (χ0v) is 9.95. The monoisotopic (exact) mass is 207 g/mol. The predicted molar refractivity (Wildman–Crippen MR) is 62.0 cm³/mol. The first-order valence-electron chi connectivity index (χ1n) is 5.19. The van der Waals surface area contributed by atoms with Crippen molar-refractivity contribution in [1.29, 1.82) is 0 Å². The molecule has 1 aromatic heterocycles. The molecule has 14 heavy (non-hydrogen) atoms. The Balaban J connectivity index is 2.39. The fourth-order valence-corrected chi connectivity index (χ4v) is 2.60. The minimum atomic E-state index is 0.226. The molecule has 2 heterocycles. The highest BCUT2D eigenvalue weighted by molar-refractivity contribution is 7.99. The van der Waals surface area contributed by atoms with Crippen LogP contribution in [0.15, 0.2) is 17.3 Å². The molecule has 0 bridgehead atoms. The summed E-state index contributed by atoms with van der Waals surface area (Å²) in [6.45, 7) is 6.73. The van der Waals surface area contributed by atoms with Crippen molar-refractivity contribution in [2.75, 3.05) is 5.75 Å². The van der Waals surface area contributed by atoms with Crippen molar-refractivity contribution in [2.24, 2.45) is 0 Å². The van der Waals surface area contributed by atoms with Gasteiger partial charge in [0, 0.05) is 6.20 Å². The van der Waals surface area contributed by atoms with Gasteiger partial charge in [-0.2, -0.15) is 0 Å². The molecule has 76 valence electrons. The molecule has 0 fully saturated rings. The first kappa shape index (κ1) is 10.0. The topological polar surface area (TPSA) is 12.9 Å². The van der Waals surface area contributed by atoms with E-state index in [0.717, 1.165) is 0 Å². The molecule has 0 aliphatic carbocycles. The van der Waals surface area contributed by atoms with E-state index in [1.54, 1.807) is 0 Å². The maximum atomic E-state index is 4.55. The Hall–Kier alpha value is -0.500. The fourth-order valence-electron chi connectivity index (χ4n) is 1.65. The van der Waals surface area contributed by atoms with Crippen molar-refractivity contribution in [3.8, 4) is 0 Å². The Morgan fingerprint density at radius 2 is 2.14 bits per heavy atom. The largest absolute Gasteiger partial charge is 0.249 e. The zero-order valence-electron chi connectivity index (χ0n) is 9.13. The van der Waals surface area contributed by atoms with Gasteiger partial charge in [-0.25, -0.2) is 4.98 Å². The molecule has 0 amide bonds. The standard InChI is InChI=1S/C12H17NS/c1-12(2,3)10-7-9-5-4-6-14-11(9)13-8-10/h7-8H,4-6H2,1-3H3. The molecule has 1 aliphatic heterocycles. The maximum Gasteiger partial charge on any atom is 0.0992 e. The molecule has 0 saturated carbocycles. The van der Waals surface area contributed by atoms with E-state index in [0.29, 0.717) is 0 Å². The van der Waals surface area contributed by atoms with E-state index in [1.165, 1.54) is 34.7 Å². The number of hydrogen-bond donors (Lipinski definition) is 0. The lowest BCUT2D eigenvalue weighted by molar-refractivity contribution is 0.583. The molecule has 0 radical (unpaired) electrons. The summed E-state index contributed by atoms with van der Waals surface area (Å²) in [6, 6.07) is 2.34.